The second-order valence-electron chi connectivity index (χ2n) is 4.39. The van der Waals surface area contributed by atoms with Crippen LogP contribution in [0.2, 0.25) is 0 Å². The average Bonchev–Trinajstić information content (AvgIpc) is 2.55. The fraction of sp³-hybridized carbons (Fsp3) is 0.333. The van der Waals surface area contributed by atoms with Gasteiger partial charge in [0.2, 0.25) is 0 Å². The van der Waals surface area contributed by atoms with Crippen LogP contribution >= 0.6 is 0 Å². The van der Waals surface area contributed by atoms with Crippen molar-refractivity contribution in [2.24, 2.45) is 11.7 Å². The smallest absolute Gasteiger partial charge is 0.0563 e. The third kappa shape index (κ3) is 1.51. The minimum Gasteiger partial charge on any atom is -0.320 e. The SMILES string of the molecule is C#CCC1Cc2ccccc2C1(N)CC#C. The third-order valence-corrected chi connectivity index (χ3v) is 3.47. The van der Waals surface area contributed by atoms with E-state index in [1.54, 1.807) is 0 Å². The highest BCUT2D eigenvalue weighted by atomic mass is 14.8. The van der Waals surface area contributed by atoms with E-state index >= 15 is 0 Å². The maximum Gasteiger partial charge on any atom is 0.0563 e. The van der Waals surface area contributed by atoms with E-state index in [1.807, 2.05) is 12.1 Å². The number of hydrogen-bond donors (Lipinski definition) is 1. The van der Waals surface area contributed by atoms with Gasteiger partial charge in [0.25, 0.3) is 0 Å². The zero-order valence-electron chi connectivity index (χ0n) is 9.24. The standard InChI is InChI=1S/C15H15N/c1-3-7-13-11-12-8-5-6-9-14(12)15(13,16)10-4-2/h1-2,5-6,8-9,13H,7,10-11,16H2. The summed E-state index contributed by atoms with van der Waals surface area (Å²) in [5.74, 6) is 5.66. The van der Waals surface area contributed by atoms with E-state index in [0.29, 0.717) is 12.8 Å². The lowest BCUT2D eigenvalue weighted by Crippen LogP contribution is -2.40. The van der Waals surface area contributed by atoms with E-state index in [2.05, 4.69) is 24.0 Å². The summed E-state index contributed by atoms with van der Waals surface area (Å²) < 4.78 is 0. The molecule has 1 aromatic carbocycles. The van der Waals surface area contributed by atoms with Gasteiger partial charge in [-0.3, -0.25) is 0 Å². The van der Waals surface area contributed by atoms with Gasteiger partial charge in [0.1, 0.15) is 0 Å². The third-order valence-electron chi connectivity index (χ3n) is 3.47. The summed E-state index contributed by atoms with van der Waals surface area (Å²) >= 11 is 0. The Kier molecular flexibility index (Phi) is 2.73. The second kappa shape index (κ2) is 4.05. The minimum atomic E-state index is -0.433. The number of rotatable bonds is 2. The molecule has 1 aliphatic rings. The molecule has 0 saturated carbocycles. The monoisotopic (exact) mass is 209 g/mol. The molecule has 16 heavy (non-hydrogen) atoms. The van der Waals surface area contributed by atoms with E-state index in [-0.39, 0.29) is 5.92 Å². The first-order chi connectivity index (χ1) is 7.72. The van der Waals surface area contributed by atoms with Crippen LogP contribution in [0.4, 0.5) is 0 Å². The van der Waals surface area contributed by atoms with Crippen LogP contribution in [0.15, 0.2) is 24.3 Å². The highest BCUT2D eigenvalue weighted by molar-refractivity contribution is 5.41. The molecule has 80 valence electrons. The van der Waals surface area contributed by atoms with E-state index in [0.717, 1.165) is 6.42 Å². The van der Waals surface area contributed by atoms with E-state index < -0.39 is 5.54 Å². The Balaban J connectivity index is 2.45. The summed E-state index contributed by atoms with van der Waals surface area (Å²) in [4.78, 5) is 0. The van der Waals surface area contributed by atoms with Crippen molar-refractivity contribution < 1.29 is 0 Å². The molecule has 1 nitrogen and oxygen atoms in total. The van der Waals surface area contributed by atoms with Crippen molar-refractivity contribution in [1.82, 2.24) is 0 Å². The van der Waals surface area contributed by atoms with Crippen molar-refractivity contribution in [3.05, 3.63) is 35.4 Å². The Morgan fingerprint density at radius 3 is 2.75 bits per heavy atom. The largest absolute Gasteiger partial charge is 0.320 e. The molecule has 0 fully saturated rings. The maximum atomic E-state index is 6.47. The van der Waals surface area contributed by atoms with E-state index in [4.69, 9.17) is 18.6 Å². The molecule has 2 rings (SSSR count). The minimum absolute atomic E-state index is 0.269. The van der Waals surface area contributed by atoms with Crippen LogP contribution in [0.1, 0.15) is 24.0 Å². The lowest BCUT2D eigenvalue weighted by atomic mass is 9.80. The molecule has 2 atom stereocenters. The lowest BCUT2D eigenvalue weighted by molar-refractivity contribution is 0.313. The molecular formula is C15H15N. The molecule has 0 spiro atoms. The van der Waals surface area contributed by atoms with Gasteiger partial charge in [0.15, 0.2) is 0 Å². The van der Waals surface area contributed by atoms with Crippen LogP contribution in [-0.4, -0.2) is 0 Å². The Hall–Kier alpha value is -1.70. The van der Waals surface area contributed by atoms with Crippen LogP contribution in [0, 0.1) is 30.6 Å². The number of fused-ring (bicyclic) bond motifs is 1. The normalized spacial score (nSPS) is 26.8. The van der Waals surface area contributed by atoms with Gasteiger partial charge in [0.05, 0.1) is 5.54 Å². The van der Waals surface area contributed by atoms with Crippen molar-refractivity contribution in [3.8, 4) is 24.7 Å². The average molecular weight is 209 g/mol. The molecule has 1 aromatic rings. The lowest BCUT2D eigenvalue weighted by Gasteiger charge is -2.29. The van der Waals surface area contributed by atoms with E-state index in [1.165, 1.54) is 11.1 Å². The van der Waals surface area contributed by atoms with Gasteiger partial charge < -0.3 is 5.73 Å². The summed E-state index contributed by atoms with van der Waals surface area (Å²) in [7, 11) is 0. The van der Waals surface area contributed by atoms with Crippen molar-refractivity contribution in [3.63, 3.8) is 0 Å². The second-order valence-corrected chi connectivity index (χ2v) is 4.39. The quantitative estimate of drug-likeness (QED) is 0.741. The van der Waals surface area contributed by atoms with Crippen LogP contribution < -0.4 is 5.73 Å². The fourth-order valence-electron chi connectivity index (χ4n) is 2.62. The molecule has 0 saturated heterocycles. The summed E-state index contributed by atoms with van der Waals surface area (Å²) in [6.45, 7) is 0. The maximum absolute atomic E-state index is 6.47. The predicted octanol–water partition coefficient (Wildman–Crippen LogP) is 2.06. The molecular weight excluding hydrogens is 194 g/mol. The number of terminal acetylenes is 2. The first-order valence-electron chi connectivity index (χ1n) is 5.46. The van der Waals surface area contributed by atoms with E-state index in [9.17, 15) is 0 Å². The van der Waals surface area contributed by atoms with Crippen molar-refractivity contribution in [2.45, 2.75) is 24.8 Å². The van der Waals surface area contributed by atoms with Gasteiger partial charge in [-0.05, 0) is 23.5 Å². The predicted molar refractivity (Wildman–Crippen MR) is 66.4 cm³/mol. The topological polar surface area (TPSA) is 26.0 Å². The van der Waals surface area contributed by atoms with Crippen molar-refractivity contribution >= 4 is 0 Å². The molecule has 0 radical (unpaired) electrons. The first-order valence-corrected chi connectivity index (χ1v) is 5.46. The van der Waals surface area contributed by atoms with Gasteiger partial charge in [-0.2, -0.15) is 0 Å². The number of nitrogens with two attached hydrogens (primary N) is 1. The first kappa shape index (κ1) is 10.8. The fourth-order valence-corrected chi connectivity index (χ4v) is 2.62. The molecule has 0 bridgehead atoms. The zero-order chi connectivity index (χ0) is 11.6. The highest BCUT2D eigenvalue weighted by Gasteiger charge is 2.42. The summed E-state index contributed by atoms with van der Waals surface area (Å²) in [5.41, 5.74) is 8.51. The molecule has 0 aliphatic heterocycles. The van der Waals surface area contributed by atoms with Gasteiger partial charge in [-0.25, -0.2) is 0 Å². The Bertz CT molecular complexity index is 475. The molecule has 2 unspecified atom stereocenters. The van der Waals surface area contributed by atoms with Crippen LogP contribution in [-0.2, 0) is 12.0 Å². The van der Waals surface area contributed by atoms with Gasteiger partial charge in [0, 0.05) is 12.8 Å². The molecule has 0 amide bonds. The van der Waals surface area contributed by atoms with Gasteiger partial charge in [-0.1, -0.05) is 24.3 Å². The molecule has 0 aromatic heterocycles. The Morgan fingerprint density at radius 1 is 1.31 bits per heavy atom. The van der Waals surface area contributed by atoms with Gasteiger partial charge in [-0.15, -0.1) is 24.7 Å². The zero-order valence-corrected chi connectivity index (χ0v) is 9.24. The molecule has 1 heteroatoms. The summed E-state index contributed by atoms with van der Waals surface area (Å²) in [6, 6.07) is 8.23. The van der Waals surface area contributed by atoms with Crippen LogP contribution in [0.25, 0.3) is 0 Å². The summed E-state index contributed by atoms with van der Waals surface area (Å²) in [6.07, 6.45) is 13.0. The molecule has 1 aliphatic carbocycles. The van der Waals surface area contributed by atoms with Crippen molar-refractivity contribution in [1.29, 1.82) is 0 Å². The molecule has 0 heterocycles. The number of benzene rings is 1. The van der Waals surface area contributed by atoms with Crippen molar-refractivity contribution in [2.75, 3.05) is 0 Å². The molecule has 2 N–H and O–H groups in total. The van der Waals surface area contributed by atoms with Crippen LogP contribution in [0.3, 0.4) is 0 Å². The summed E-state index contributed by atoms with van der Waals surface area (Å²) in [5, 5.41) is 0. The van der Waals surface area contributed by atoms with Gasteiger partial charge >= 0.3 is 0 Å². The highest BCUT2D eigenvalue weighted by Crippen LogP contribution is 2.43. The number of hydrogen-bond acceptors (Lipinski definition) is 1. The van der Waals surface area contributed by atoms with Crippen LogP contribution in [0.5, 0.6) is 0 Å². The Labute approximate surface area is 97.0 Å². The Morgan fingerprint density at radius 2 is 2.06 bits per heavy atom.